The summed E-state index contributed by atoms with van der Waals surface area (Å²) in [6.45, 7) is 1.30. The molecular formula is C20H22FN5O4S. The fraction of sp³-hybridized carbons (Fsp3) is 0.450. The molecule has 2 aliphatic heterocycles. The van der Waals surface area contributed by atoms with Gasteiger partial charge in [-0.2, -0.15) is 0 Å². The van der Waals surface area contributed by atoms with E-state index in [-0.39, 0.29) is 17.6 Å². The number of benzene rings is 1. The van der Waals surface area contributed by atoms with Gasteiger partial charge >= 0.3 is 0 Å². The number of thioether (sulfide) groups is 1. The summed E-state index contributed by atoms with van der Waals surface area (Å²) < 4.78 is 26.8. The van der Waals surface area contributed by atoms with E-state index in [2.05, 4.69) is 20.3 Å². The van der Waals surface area contributed by atoms with Crippen LogP contribution < -0.4 is 5.32 Å². The molecule has 0 saturated carbocycles. The van der Waals surface area contributed by atoms with Gasteiger partial charge in [0.15, 0.2) is 23.2 Å². The second-order valence-corrected chi connectivity index (χ2v) is 8.60. The zero-order valence-electron chi connectivity index (χ0n) is 16.5. The van der Waals surface area contributed by atoms with Gasteiger partial charge in [0.2, 0.25) is 0 Å². The van der Waals surface area contributed by atoms with Gasteiger partial charge in [0, 0.05) is 17.3 Å². The van der Waals surface area contributed by atoms with Crippen LogP contribution in [0.1, 0.15) is 12.6 Å². The topological polar surface area (TPSA) is 115 Å². The number of nitrogens with zero attached hydrogens (tertiary/aromatic N) is 4. The number of aliphatic hydroxyl groups is 2. The van der Waals surface area contributed by atoms with Crippen LogP contribution in [0.3, 0.4) is 0 Å². The predicted octanol–water partition coefficient (Wildman–Crippen LogP) is 1.58. The molecule has 31 heavy (non-hydrogen) atoms. The highest BCUT2D eigenvalue weighted by atomic mass is 32.2. The van der Waals surface area contributed by atoms with Crippen LogP contribution in [-0.4, -0.2) is 73.1 Å². The Morgan fingerprint density at radius 1 is 1.19 bits per heavy atom. The van der Waals surface area contributed by atoms with Crippen LogP contribution in [0, 0.1) is 5.82 Å². The molecule has 5 rings (SSSR count). The van der Waals surface area contributed by atoms with Crippen LogP contribution in [0.15, 0.2) is 41.8 Å². The molecule has 9 nitrogen and oxygen atoms in total. The van der Waals surface area contributed by atoms with Gasteiger partial charge in [0.1, 0.15) is 24.4 Å². The molecule has 1 aromatic carbocycles. The van der Waals surface area contributed by atoms with Gasteiger partial charge in [-0.1, -0.05) is 12.1 Å². The average molecular weight is 447 g/mol. The van der Waals surface area contributed by atoms with Crippen molar-refractivity contribution in [2.45, 2.75) is 41.9 Å². The summed E-state index contributed by atoms with van der Waals surface area (Å²) in [4.78, 5) is 13.5. The fourth-order valence-corrected chi connectivity index (χ4v) is 4.82. The minimum absolute atomic E-state index is 0.151. The van der Waals surface area contributed by atoms with Crippen molar-refractivity contribution in [2.24, 2.45) is 0 Å². The number of imidazole rings is 1. The molecule has 164 valence electrons. The number of nitrogens with one attached hydrogen (secondary N) is 1. The molecule has 3 aromatic rings. The number of halogens is 1. The molecule has 2 fully saturated rings. The molecule has 5 atom stereocenters. The van der Waals surface area contributed by atoms with Crippen LogP contribution in [0.2, 0.25) is 0 Å². The summed E-state index contributed by atoms with van der Waals surface area (Å²) in [5.74, 6) is 0.534. The first-order chi connectivity index (χ1) is 15.1. The van der Waals surface area contributed by atoms with Crippen LogP contribution in [0.25, 0.3) is 11.2 Å². The van der Waals surface area contributed by atoms with Gasteiger partial charge in [0.25, 0.3) is 0 Å². The molecule has 0 amide bonds. The van der Waals surface area contributed by atoms with E-state index in [0.717, 1.165) is 6.42 Å². The lowest BCUT2D eigenvalue weighted by atomic mass is 10.1. The largest absolute Gasteiger partial charge is 0.387 e. The van der Waals surface area contributed by atoms with E-state index in [1.54, 1.807) is 22.8 Å². The van der Waals surface area contributed by atoms with E-state index >= 15 is 0 Å². The molecule has 11 heteroatoms. The van der Waals surface area contributed by atoms with Gasteiger partial charge in [0.05, 0.1) is 25.1 Å². The molecular weight excluding hydrogens is 425 g/mol. The molecule has 0 spiro atoms. The number of anilines is 1. The Hall–Kier alpha value is -2.31. The Morgan fingerprint density at radius 2 is 2.06 bits per heavy atom. The van der Waals surface area contributed by atoms with Crippen molar-refractivity contribution in [3.05, 3.63) is 42.7 Å². The second kappa shape index (κ2) is 8.67. The van der Waals surface area contributed by atoms with Crippen LogP contribution in [-0.2, 0) is 9.47 Å². The van der Waals surface area contributed by atoms with E-state index in [1.807, 2.05) is 0 Å². The molecule has 0 bridgehead atoms. The second-order valence-electron chi connectivity index (χ2n) is 7.54. The van der Waals surface area contributed by atoms with E-state index in [9.17, 15) is 14.6 Å². The van der Waals surface area contributed by atoms with Gasteiger partial charge < -0.3 is 25.0 Å². The minimum atomic E-state index is -1.18. The summed E-state index contributed by atoms with van der Waals surface area (Å²) in [7, 11) is 0. The number of hydrogen-bond acceptors (Lipinski definition) is 9. The number of rotatable bonds is 6. The van der Waals surface area contributed by atoms with Crippen molar-refractivity contribution >= 4 is 28.7 Å². The lowest BCUT2D eigenvalue weighted by Crippen LogP contribution is -2.32. The molecule has 0 radical (unpaired) electrons. The third-order valence-electron chi connectivity index (χ3n) is 5.48. The normalized spacial score (nSPS) is 28.4. The van der Waals surface area contributed by atoms with E-state index < -0.39 is 24.5 Å². The van der Waals surface area contributed by atoms with Crippen LogP contribution >= 0.6 is 11.8 Å². The molecule has 2 aromatic heterocycles. The zero-order chi connectivity index (χ0) is 21.4. The van der Waals surface area contributed by atoms with Gasteiger partial charge in [-0.3, -0.25) is 4.57 Å². The molecule has 3 N–H and O–H groups in total. The lowest BCUT2D eigenvalue weighted by Gasteiger charge is -2.17. The fourth-order valence-electron chi connectivity index (χ4n) is 3.82. The highest BCUT2D eigenvalue weighted by Crippen LogP contribution is 2.35. The summed E-state index contributed by atoms with van der Waals surface area (Å²) in [5.41, 5.74) is 1.03. The molecule has 0 unspecified atom stereocenters. The maximum Gasteiger partial charge on any atom is 0.167 e. The van der Waals surface area contributed by atoms with E-state index in [4.69, 9.17) is 9.47 Å². The molecule has 2 saturated heterocycles. The monoisotopic (exact) mass is 447 g/mol. The Labute approximate surface area is 181 Å². The van der Waals surface area contributed by atoms with Crippen molar-refractivity contribution < 1.29 is 24.1 Å². The number of aromatic nitrogens is 4. The van der Waals surface area contributed by atoms with Crippen LogP contribution in [0.4, 0.5) is 10.2 Å². The molecule has 4 heterocycles. The summed E-state index contributed by atoms with van der Waals surface area (Å²) in [6.07, 6.45) is -0.0506. The molecule has 2 aliphatic rings. The minimum Gasteiger partial charge on any atom is -0.387 e. The number of hydrogen-bond donors (Lipinski definition) is 3. The van der Waals surface area contributed by atoms with Crippen molar-refractivity contribution in [1.29, 1.82) is 0 Å². The van der Waals surface area contributed by atoms with Crippen molar-refractivity contribution in [3.8, 4) is 0 Å². The van der Waals surface area contributed by atoms with E-state index in [1.165, 1.54) is 30.5 Å². The van der Waals surface area contributed by atoms with Gasteiger partial charge in [-0.15, -0.1) is 11.8 Å². The van der Waals surface area contributed by atoms with Gasteiger partial charge in [-0.25, -0.2) is 19.3 Å². The smallest absolute Gasteiger partial charge is 0.167 e. The first kappa shape index (κ1) is 20.6. The highest BCUT2D eigenvalue weighted by molar-refractivity contribution is 7.99. The first-order valence-corrected chi connectivity index (χ1v) is 11.0. The quantitative estimate of drug-likeness (QED) is 0.485. The van der Waals surface area contributed by atoms with Crippen molar-refractivity contribution in [2.75, 3.05) is 24.3 Å². The number of fused-ring (bicyclic) bond motifs is 1. The number of aliphatic hydroxyl groups excluding tert-OH is 2. The Bertz CT molecular complexity index is 1060. The number of ether oxygens (including phenoxy) is 2. The summed E-state index contributed by atoms with van der Waals surface area (Å²) >= 11 is 1.23. The van der Waals surface area contributed by atoms with E-state index in [0.29, 0.717) is 35.1 Å². The highest BCUT2D eigenvalue weighted by Gasteiger charge is 2.44. The van der Waals surface area contributed by atoms with Crippen molar-refractivity contribution in [1.82, 2.24) is 19.5 Å². The van der Waals surface area contributed by atoms with Gasteiger partial charge in [-0.05, 0) is 18.6 Å². The summed E-state index contributed by atoms with van der Waals surface area (Å²) in [5, 5.41) is 24.5. The first-order valence-electron chi connectivity index (χ1n) is 10.0. The lowest BCUT2D eigenvalue weighted by molar-refractivity contribution is -0.0289. The zero-order valence-corrected chi connectivity index (χ0v) is 17.3. The predicted molar refractivity (Wildman–Crippen MR) is 111 cm³/mol. The molecule has 0 aliphatic carbocycles. The Kier molecular flexibility index (Phi) is 5.76. The summed E-state index contributed by atoms with van der Waals surface area (Å²) in [6, 6.07) is 6.56. The average Bonchev–Trinajstić information content (AvgIpc) is 3.50. The Morgan fingerprint density at radius 3 is 2.87 bits per heavy atom. The third kappa shape index (κ3) is 3.99. The third-order valence-corrected chi connectivity index (χ3v) is 6.62. The Balaban J connectivity index is 1.34. The van der Waals surface area contributed by atoms with Crippen LogP contribution in [0.5, 0.6) is 0 Å². The SMILES string of the molecule is O[C@@H]1[C@H](O)[C@@H](CSc2ccccc2F)O[C@H]1n1cnc2c(N[C@@H]3CCOC3)ncnc21. The maximum absolute atomic E-state index is 13.9. The van der Waals surface area contributed by atoms with Crippen molar-refractivity contribution in [3.63, 3.8) is 0 Å². The maximum atomic E-state index is 13.9. The standard InChI is InChI=1S/C20H22FN5O4S/c21-12-3-1-2-4-14(12)31-8-13-16(27)17(28)20(30-13)26-10-24-15-18(22-9-23-19(15)26)25-11-5-6-29-7-11/h1-4,9-11,13,16-17,20,27-28H,5-8H2,(H,22,23,25)/t11-,13-,16-,17-,20-/m1/s1.